The summed E-state index contributed by atoms with van der Waals surface area (Å²) in [6, 6.07) is 0. The van der Waals surface area contributed by atoms with Gasteiger partial charge in [-0.1, -0.05) is 30.7 Å². The number of hydrogen-bond donors (Lipinski definition) is 2. The molecule has 4 nitrogen and oxygen atoms in total. The molecular formula is C17H21N3OS. The van der Waals surface area contributed by atoms with Crippen LogP contribution in [0.25, 0.3) is 17.3 Å². The van der Waals surface area contributed by atoms with Gasteiger partial charge in [-0.15, -0.1) is 11.3 Å². The quantitative estimate of drug-likeness (QED) is 0.795. The summed E-state index contributed by atoms with van der Waals surface area (Å²) in [5.74, 6) is -0.355. The fourth-order valence-electron chi connectivity index (χ4n) is 2.06. The number of carbonyl (C=O) groups is 1. The van der Waals surface area contributed by atoms with Crippen molar-refractivity contribution in [3.8, 4) is 11.3 Å². The van der Waals surface area contributed by atoms with Gasteiger partial charge in [-0.2, -0.15) is 0 Å². The van der Waals surface area contributed by atoms with Crippen molar-refractivity contribution >= 4 is 23.3 Å². The molecule has 1 amide bonds. The van der Waals surface area contributed by atoms with Gasteiger partial charge in [0.05, 0.1) is 12.1 Å². The van der Waals surface area contributed by atoms with Gasteiger partial charge in [-0.25, -0.2) is 4.98 Å². The van der Waals surface area contributed by atoms with Gasteiger partial charge in [-0.05, 0) is 20.3 Å². The molecule has 0 atom stereocenters. The summed E-state index contributed by atoms with van der Waals surface area (Å²) in [5.41, 5.74) is 10.7. The van der Waals surface area contributed by atoms with E-state index in [2.05, 4.69) is 42.0 Å². The normalized spacial score (nSPS) is 12.2. The van der Waals surface area contributed by atoms with Crippen molar-refractivity contribution in [2.45, 2.75) is 33.6 Å². The maximum atomic E-state index is 11.0. The predicted molar refractivity (Wildman–Crippen MR) is 92.6 cm³/mol. The molecule has 3 N–H and O–H groups in total. The van der Waals surface area contributed by atoms with Crippen molar-refractivity contribution < 1.29 is 4.79 Å². The number of aromatic amines is 1. The van der Waals surface area contributed by atoms with Crippen LogP contribution in [0.1, 0.15) is 36.5 Å². The van der Waals surface area contributed by atoms with Gasteiger partial charge >= 0.3 is 0 Å². The Hall–Kier alpha value is -2.14. The van der Waals surface area contributed by atoms with Crippen molar-refractivity contribution in [2.24, 2.45) is 5.73 Å². The fraction of sp³-hybridized carbons (Fsp3) is 0.294. The number of thiazole rings is 1. The number of nitrogens with zero attached hydrogens (tertiary/aromatic N) is 1. The van der Waals surface area contributed by atoms with Crippen LogP contribution < -0.4 is 5.73 Å². The van der Waals surface area contributed by atoms with Crippen LogP contribution in [-0.2, 0) is 11.2 Å². The van der Waals surface area contributed by atoms with E-state index < -0.39 is 0 Å². The summed E-state index contributed by atoms with van der Waals surface area (Å²) in [5, 5.41) is 2.71. The molecule has 0 saturated carbocycles. The van der Waals surface area contributed by atoms with Gasteiger partial charge in [0, 0.05) is 28.4 Å². The molecule has 0 aliphatic rings. The molecule has 0 unspecified atom stereocenters. The number of amides is 1. The summed E-state index contributed by atoms with van der Waals surface area (Å²) < 4.78 is 0. The Morgan fingerprint density at radius 3 is 2.95 bits per heavy atom. The number of H-pyrrole nitrogens is 1. The van der Waals surface area contributed by atoms with Crippen LogP contribution in [0.2, 0.25) is 0 Å². The lowest BCUT2D eigenvalue weighted by atomic mass is 10.1. The van der Waals surface area contributed by atoms with Crippen LogP contribution in [-0.4, -0.2) is 15.9 Å². The SMILES string of the molecule is CC/C(C)=C\C=C/c1c(-c2csc(CC(N)=O)n2)c[nH]c1C. The van der Waals surface area contributed by atoms with E-state index in [1.165, 1.54) is 16.9 Å². The molecule has 5 heteroatoms. The van der Waals surface area contributed by atoms with E-state index in [1.54, 1.807) is 0 Å². The first-order chi connectivity index (χ1) is 10.5. The summed E-state index contributed by atoms with van der Waals surface area (Å²) in [7, 11) is 0. The third-order valence-corrected chi connectivity index (χ3v) is 4.33. The maximum absolute atomic E-state index is 11.0. The molecule has 0 radical (unpaired) electrons. The van der Waals surface area contributed by atoms with Gasteiger partial charge in [0.15, 0.2) is 0 Å². The molecular weight excluding hydrogens is 294 g/mol. The molecule has 0 bridgehead atoms. The molecule has 2 heterocycles. The van der Waals surface area contributed by atoms with Crippen molar-refractivity contribution in [1.29, 1.82) is 0 Å². The van der Waals surface area contributed by atoms with Gasteiger partial charge in [0.25, 0.3) is 0 Å². The molecule has 22 heavy (non-hydrogen) atoms. The van der Waals surface area contributed by atoms with Gasteiger partial charge in [0.1, 0.15) is 5.01 Å². The average Bonchev–Trinajstić information content (AvgIpc) is 3.05. The Balaban J connectivity index is 2.29. The maximum Gasteiger partial charge on any atom is 0.224 e. The molecule has 0 saturated heterocycles. The highest BCUT2D eigenvalue weighted by atomic mass is 32.1. The van der Waals surface area contributed by atoms with E-state index in [0.29, 0.717) is 0 Å². The van der Waals surface area contributed by atoms with E-state index in [9.17, 15) is 4.79 Å². The third-order valence-electron chi connectivity index (χ3n) is 3.48. The second kappa shape index (κ2) is 7.22. The summed E-state index contributed by atoms with van der Waals surface area (Å²) >= 11 is 1.46. The lowest BCUT2D eigenvalue weighted by Crippen LogP contribution is -2.13. The number of primary amides is 1. The number of rotatable bonds is 6. The number of allylic oxidation sites excluding steroid dienone is 3. The zero-order valence-corrected chi connectivity index (χ0v) is 14.0. The number of aryl methyl sites for hydroxylation is 1. The molecule has 2 rings (SSSR count). The Morgan fingerprint density at radius 1 is 1.50 bits per heavy atom. The van der Waals surface area contributed by atoms with E-state index in [4.69, 9.17) is 5.73 Å². The predicted octanol–water partition coefficient (Wildman–Crippen LogP) is 3.84. The molecule has 0 fully saturated rings. The topological polar surface area (TPSA) is 71.8 Å². The number of nitrogens with one attached hydrogen (secondary N) is 1. The second-order valence-corrected chi connectivity index (χ2v) is 6.18. The average molecular weight is 315 g/mol. The minimum Gasteiger partial charge on any atom is -0.369 e. The Bertz CT molecular complexity index is 722. The standard InChI is InChI=1S/C17H21N3OS/c1-4-11(2)6-5-7-13-12(3)19-9-14(13)15-10-22-17(20-15)8-16(18)21/h5-7,9-10,19H,4,8H2,1-3H3,(H2,18,21)/b7-5-,11-6-. The van der Waals surface area contributed by atoms with Crippen LogP contribution in [0.3, 0.4) is 0 Å². The summed E-state index contributed by atoms with van der Waals surface area (Å²) in [6.45, 7) is 6.30. The van der Waals surface area contributed by atoms with Crippen LogP contribution in [0, 0.1) is 6.92 Å². The van der Waals surface area contributed by atoms with Crippen LogP contribution in [0.15, 0.2) is 29.3 Å². The Morgan fingerprint density at radius 2 is 2.27 bits per heavy atom. The molecule has 0 spiro atoms. The van der Waals surface area contributed by atoms with E-state index in [1.807, 2.05) is 18.5 Å². The molecule has 0 aliphatic heterocycles. The minimum absolute atomic E-state index is 0.192. The van der Waals surface area contributed by atoms with Crippen LogP contribution in [0.5, 0.6) is 0 Å². The molecule has 116 valence electrons. The lowest BCUT2D eigenvalue weighted by Gasteiger charge is -1.97. The second-order valence-electron chi connectivity index (χ2n) is 5.24. The molecule has 0 aromatic carbocycles. The molecule has 2 aromatic rings. The summed E-state index contributed by atoms with van der Waals surface area (Å²) in [6.07, 6.45) is 9.47. The molecule has 0 aliphatic carbocycles. The molecule has 2 aromatic heterocycles. The number of aromatic nitrogens is 2. The van der Waals surface area contributed by atoms with Crippen molar-refractivity contribution in [2.75, 3.05) is 0 Å². The largest absolute Gasteiger partial charge is 0.369 e. The number of nitrogens with two attached hydrogens (primary N) is 1. The summed E-state index contributed by atoms with van der Waals surface area (Å²) in [4.78, 5) is 18.7. The zero-order valence-electron chi connectivity index (χ0n) is 13.1. The first-order valence-electron chi connectivity index (χ1n) is 7.26. The van der Waals surface area contributed by atoms with E-state index in [0.717, 1.165) is 33.9 Å². The van der Waals surface area contributed by atoms with Crippen molar-refractivity contribution in [3.63, 3.8) is 0 Å². The number of hydrogen-bond acceptors (Lipinski definition) is 3. The van der Waals surface area contributed by atoms with E-state index >= 15 is 0 Å². The van der Waals surface area contributed by atoms with Gasteiger partial charge in [0.2, 0.25) is 5.91 Å². The van der Waals surface area contributed by atoms with Crippen LogP contribution >= 0.6 is 11.3 Å². The monoisotopic (exact) mass is 315 g/mol. The van der Waals surface area contributed by atoms with Gasteiger partial charge < -0.3 is 10.7 Å². The minimum atomic E-state index is -0.355. The van der Waals surface area contributed by atoms with Crippen LogP contribution in [0.4, 0.5) is 0 Å². The number of carbonyl (C=O) groups excluding carboxylic acids is 1. The Kier molecular flexibility index (Phi) is 5.33. The smallest absolute Gasteiger partial charge is 0.224 e. The Labute approximate surface area is 134 Å². The van der Waals surface area contributed by atoms with Crippen molar-refractivity contribution in [1.82, 2.24) is 9.97 Å². The highest BCUT2D eigenvalue weighted by molar-refractivity contribution is 7.10. The first-order valence-corrected chi connectivity index (χ1v) is 8.14. The van der Waals surface area contributed by atoms with Crippen molar-refractivity contribution in [3.05, 3.63) is 45.6 Å². The van der Waals surface area contributed by atoms with Gasteiger partial charge in [-0.3, -0.25) is 4.79 Å². The highest BCUT2D eigenvalue weighted by Gasteiger charge is 2.12. The zero-order chi connectivity index (χ0) is 16.1. The van der Waals surface area contributed by atoms with E-state index in [-0.39, 0.29) is 12.3 Å². The fourth-order valence-corrected chi connectivity index (χ4v) is 2.86. The highest BCUT2D eigenvalue weighted by Crippen LogP contribution is 2.28. The first kappa shape index (κ1) is 16.2. The lowest BCUT2D eigenvalue weighted by molar-refractivity contribution is -0.117. The third kappa shape index (κ3) is 3.95.